The van der Waals surface area contributed by atoms with Crippen molar-refractivity contribution in [3.05, 3.63) is 24.4 Å². The van der Waals surface area contributed by atoms with E-state index >= 15 is 0 Å². The van der Waals surface area contributed by atoms with Crippen LogP contribution in [0.5, 0.6) is 0 Å². The number of aromatic nitrogens is 4. The third-order valence-electron chi connectivity index (χ3n) is 2.47. The van der Waals surface area contributed by atoms with Gasteiger partial charge in [0.1, 0.15) is 12.1 Å². The Morgan fingerprint density at radius 1 is 1.60 bits per heavy atom. The van der Waals surface area contributed by atoms with Gasteiger partial charge in [-0.2, -0.15) is 0 Å². The van der Waals surface area contributed by atoms with Crippen molar-refractivity contribution < 1.29 is 4.79 Å². The molecule has 5 nitrogen and oxygen atoms in total. The highest BCUT2D eigenvalue weighted by atomic mass is 16.1. The molecule has 15 heavy (non-hydrogen) atoms. The molecule has 0 aromatic carbocycles. The topological polar surface area (TPSA) is 60.2 Å². The van der Waals surface area contributed by atoms with Crippen LogP contribution in [-0.4, -0.2) is 25.4 Å². The molecule has 0 amide bonds. The van der Waals surface area contributed by atoms with Crippen LogP contribution in [0, 0.1) is 0 Å². The first kappa shape index (κ1) is 9.76. The minimum absolute atomic E-state index is 0.112. The minimum atomic E-state index is -0.183. The molecule has 0 saturated heterocycles. The maximum atomic E-state index is 11.4. The van der Waals surface area contributed by atoms with Crippen molar-refractivity contribution in [3.63, 3.8) is 0 Å². The van der Waals surface area contributed by atoms with E-state index in [0.717, 1.165) is 6.42 Å². The van der Waals surface area contributed by atoms with Gasteiger partial charge in [-0.15, -0.1) is 10.2 Å². The van der Waals surface area contributed by atoms with Gasteiger partial charge in [0.25, 0.3) is 0 Å². The van der Waals surface area contributed by atoms with Crippen molar-refractivity contribution in [2.75, 3.05) is 0 Å². The molecule has 0 aliphatic carbocycles. The maximum Gasteiger partial charge on any atom is 0.183 e. The van der Waals surface area contributed by atoms with Crippen LogP contribution in [0.2, 0.25) is 0 Å². The fraction of sp³-hybridized carbons (Fsp3) is 0.400. The normalized spacial score (nSPS) is 12.9. The molecule has 1 unspecified atom stereocenters. The Hall–Kier alpha value is -1.78. The Morgan fingerprint density at radius 2 is 2.40 bits per heavy atom. The SMILES string of the molecule is CCC(C(C)=O)c1nccn2cnnc12. The lowest BCUT2D eigenvalue weighted by Crippen LogP contribution is -2.11. The number of carbonyl (C=O) groups is 1. The fourth-order valence-electron chi connectivity index (χ4n) is 1.70. The zero-order valence-electron chi connectivity index (χ0n) is 8.71. The molecule has 5 heteroatoms. The number of carbonyl (C=O) groups excluding carboxylic acids is 1. The Morgan fingerprint density at radius 3 is 3.07 bits per heavy atom. The molecule has 1 atom stereocenters. The predicted molar refractivity (Wildman–Crippen MR) is 54.5 cm³/mol. The summed E-state index contributed by atoms with van der Waals surface area (Å²) in [5.41, 5.74) is 1.38. The Kier molecular flexibility index (Phi) is 2.45. The molecule has 0 bridgehead atoms. The molecule has 0 spiro atoms. The summed E-state index contributed by atoms with van der Waals surface area (Å²) in [5, 5.41) is 7.77. The second kappa shape index (κ2) is 3.76. The van der Waals surface area contributed by atoms with Crippen molar-refractivity contribution in [1.29, 1.82) is 0 Å². The van der Waals surface area contributed by atoms with E-state index in [9.17, 15) is 4.79 Å². The van der Waals surface area contributed by atoms with Gasteiger partial charge in [-0.05, 0) is 13.3 Å². The van der Waals surface area contributed by atoms with E-state index in [2.05, 4.69) is 15.2 Å². The van der Waals surface area contributed by atoms with Crippen molar-refractivity contribution in [1.82, 2.24) is 19.6 Å². The standard InChI is InChI=1S/C10H12N4O/c1-3-8(7(2)15)9-10-13-12-6-14(10)5-4-11-9/h4-6,8H,3H2,1-2H3. The Balaban J connectivity index is 2.59. The van der Waals surface area contributed by atoms with Gasteiger partial charge in [-0.1, -0.05) is 6.92 Å². The summed E-state index contributed by atoms with van der Waals surface area (Å²) in [6, 6.07) is 0. The molecule has 2 aromatic heterocycles. The maximum absolute atomic E-state index is 11.4. The summed E-state index contributed by atoms with van der Waals surface area (Å²) in [7, 11) is 0. The van der Waals surface area contributed by atoms with Gasteiger partial charge < -0.3 is 0 Å². The predicted octanol–water partition coefficient (Wildman–Crippen LogP) is 1.21. The van der Waals surface area contributed by atoms with Gasteiger partial charge in [0.15, 0.2) is 5.65 Å². The number of hydrogen-bond donors (Lipinski definition) is 0. The average Bonchev–Trinajstić information content (AvgIpc) is 2.66. The molecule has 0 fully saturated rings. The van der Waals surface area contributed by atoms with Crippen LogP contribution in [0.25, 0.3) is 5.65 Å². The number of Topliss-reactive ketones (excluding diaryl/α,β-unsaturated/α-hetero) is 1. The van der Waals surface area contributed by atoms with Crippen LogP contribution < -0.4 is 0 Å². The Labute approximate surface area is 87.2 Å². The molecular formula is C10H12N4O. The summed E-state index contributed by atoms with van der Waals surface area (Å²) in [6.07, 6.45) is 5.77. The first-order valence-electron chi connectivity index (χ1n) is 4.88. The van der Waals surface area contributed by atoms with Gasteiger partial charge in [-0.3, -0.25) is 14.2 Å². The highest BCUT2D eigenvalue weighted by Gasteiger charge is 2.19. The van der Waals surface area contributed by atoms with Crippen molar-refractivity contribution in [2.45, 2.75) is 26.2 Å². The molecule has 0 saturated carbocycles. The smallest absolute Gasteiger partial charge is 0.183 e. The zero-order valence-corrected chi connectivity index (χ0v) is 8.71. The second-order valence-electron chi connectivity index (χ2n) is 3.45. The number of nitrogens with zero attached hydrogens (tertiary/aromatic N) is 4. The van der Waals surface area contributed by atoms with Crippen LogP contribution >= 0.6 is 0 Å². The molecule has 78 valence electrons. The van der Waals surface area contributed by atoms with E-state index in [1.165, 1.54) is 0 Å². The second-order valence-corrected chi connectivity index (χ2v) is 3.45. The van der Waals surface area contributed by atoms with Crippen LogP contribution in [0.15, 0.2) is 18.7 Å². The Bertz CT molecular complexity index is 491. The zero-order chi connectivity index (χ0) is 10.8. The van der Waals surface area contributed by atoms with E-state index in [0.29, 0.717) is 11.3 Å². The van der Waals surface area contributed by atoms with Gasteiger partial charge >= 0.3 is 0 Å². The summed E-state index contributed by atoms with van der Waals surface area (Å²) in [5.74, 6) is -0.0704. The molecule has 2 rings (SSSR count). The lowest BCUT2D eigenvalue weighted by molar-refractivity contribution is -0.118. The van der Waals surface area contributed by atoms with E-state index in [1.807, 2.05) is 6.92 Å². The number of ketones is 1. The van der Waals surface area contributed by atoms with E-state index in [1.54, 1.807) is 30.0 Å². The monoisotopic (exact) mass is 204 g/mol. The lowest BCUT2D eigenvalue weighted by atomic mass is 9.98. The van der Waals surface area contributed by atoms with Crippen molar-refractivity contribution in [2.24, 2.45) is 0 Å². The van der Waals surface area contributed by atoms with Crippen LogP contribution in [-0.2, 0) is 4.79 Å². The number of hydrogen-bond acceptors (Lipinski definition) is 4. The average molecular weight is 204 g/mol. The third kappa shape index (κ3) is 1.60. The molecule has 0 radical (unpaired) electrons. The molecular weight excluding hydrogens is 192 g/mol. The lowest BCUT2D eigenvalue weighted by Gasteiger charge is -2.10. The molecule has 0 N–H and O–H groups in total. The van der Waals surface area contributed by atoms with E-state index < -0.39 is 0 Å². The third-order valence-corrected chi connectivity index (χ3v) is 2.47. The minimum Gasteiger partial charge on any atom is -0.299 e. The van der Waals surface area contributed by atoms with Gasteiger partial charge in [0.2, 0.25) is 0 Å². The highest BCUT2D eigenvalue weighted by Crippen LogP contribution is 2.21. The van der Waals surface area contributed by atoms with Crippen molar-refractivity contribution in [3.8, 4) is 0 Å². The number of rotatable bonds is 3. The first-order chi connectivity index (χ1) is 7.24. The summed E-state index contributed by atoms with van der Waals surface area (Å²) < 4.78 is 1.77. The van der Waals surface area contributed by atoms with Crippen LogP contribution in [0.4, 0.5) is 0 Å². The summed E-state index contributed by atoms with van der Waals surface area (Å²) in [4.78, 5) is 15.7. The van der Waals surface area contributed by atoms with Crippen molar-refractivity contribution >= 4 is 11.4 Å². The summed E-state index contributed by atoms with van der Waals surface area (Å²) in [6.45, 7) is 3.54. The van der Waals surface area contributed by atoms with Gasteiger partial charge in [-0.25, -0.2) is 0 Å². The molecule has 2 heterocycles. The first-order valence-corrected chi connectivity index (χ1v) is 4.88. The van der Waals surface area contributed by atoms with E-state index in [4.69, 9.17) is 0 Å². The largest absolute Gasteiger partial charge is 0.299 e. The van der Waals surface area contributed by atoms with Crippen LogP contribution in [0.3, 0.4) is 0 Å². The van der Waals surface area contributed by atoms with Crippen LogP contribution in [0.1, 0.15) is 31.9 Å². The number of fused-ring (bicyclic) bond motifs is 1. The summed E-state index contributed by atoms with van der Waals surface area (Å²) >= 11 is 0. The van der Waals surface area contributed by atoms with Gasteiger partial charge in [0, 0.05) is 12.4 Å². The highest BCUT2D eigenvalue weighted by molar-refractivity contribution is 5.84. The molecule has 0 aliphatic heterocycles. The van der Waals surface area contributed by atoms with Gasteiger partial charge in [0.05, 0.1) is 11.6 Å². The van der Waals surface area contributed by atoms with E-state index in [-0.39, 0.29) is 11.7 Å². The molecule has 0 aliphatic rings. The fourth-order valence-corrected chi connectivity index (χ4v) is 1.70. The molecule has 2 aromatic rings. The quantitative estimate of drug-likeness (QED) is 0.753.